The van der Waals surface area contributed by atoms with Gasteiger partial charge in [0.15, 0.2) is 5.78 Å². The number of carbonyl (C=O) groups excluding carboxylic acids is 1. The van der Waals surface area contributed by atoms with Gasteiger partial charge in [-0.2, -0.15) is 0 Å². The van der Waals surface area contributed by atoms with Gasteiger partial charge in [0.25, 0.3) is 0 Å². The lowest BCUT2D eigenvalue weighted by molar-refractivity contribution is 0.0735. The fourth-order valence-electron chi connectivity index (χ4n) is 3.23. The van der Waals surface area contributed by atoms with E-state index in [-0.39, 0.29) is 5.78 Å². The van der Waals surface area contributed by atoms with Crippen LogP contribution >= 0.6 is 0 Å². The third-order valence-electron chi connectivity index (χ3n) is 4.48. The fourth-order valence-corrected chi connectivity index (χ4v) is 3.23. The van der Waals surface area contributed by atoms with Gasteiger partial charge in [0.1, 0.15) is 11.8 Å². The number of fused-ring (bicyclic) bond motifs is 1. The number of hydrogen-bond donors (Lipinski definition) is 0. The number of piperidine rings is 1. The molecule has 3 nitrogen and oxygen atoms in total. The summed E-state index contributed by atoms with van der Waals surface area (Å²) in [5.41, 5.74) is 1.50. The Morgan fingerprint density at radius 3 is 2.70 bits per heavy atom. The average molecular weight is 271 g/mol. The lowest BCUT2D eigenvalue weighted by Crippen LogP contribution is -2.46. The first kappa shape index (κ1) is 13.4. The van der Waals surface area contributed by atoms with E-state index in [9.17, 15) is 4.79 Å². The Bertz CT molecular complexity index is 606. The third kappa shape index (κ3) is 2.38. The molecule has 1 aromatic carbocycles. The van der Waals surface area contributed by atoms with Crippen LogP contribution in [0.3, 0.4) is 0 Å². The molecule has 1 saturated heterocycles. The number of para-hydroxylation sites is 1. The topological polar surface area (TPSA) is 33.5 Å². The van der Waals surface area contributed by atoms with E-state index in [1.54, 1.807) is 6.26 Å². The molecule has 0 saturated carbocycles. The first-order valence-electron chi connectivity index (χ1n) is 7.42. The van der Waals surface area contributed by atoms with Crippen molar-refractivity contribution in [2.75, 3.05) is 6.54 Å². The van der Waals surface area contributed by atoms with Crippen molar-refractivity contribution in [3.05, 3.63) is 36.1 Å². The van der Waals surface area contributed by atoms with Gasteiger partial charge in [-0.1, -0.05) is 24.6 Å². The van der Waals surface area contributed by atoms with E-state index in [0.717, 1.165) is 11.0 Å². The van der Waals surface area contributed by atoms with Gasteiger partial charge in [-0.15, -0.1) is 0 Å². The predicted molar refractivity (Wildman–Crippen MR) is 80.0 cm³/mol. The molecule has 0 radical (unpaired) electrons. The molecule has 2 aromatic rings. The lowest BCUT2D eigenvalue weighted by atomic mass is 9.96. The van der Waals surface area contributed by atoms with Crippen LogP contribution in [0.25, 0.3) is 11.0 Å². The van der Waals surface area contributed by atoms with E-state index in [2.05, 4.69) is 18.7 Å². The van der Waals surface area contributed by atoms with Crippen molar-refractivity contribution < 1.29 is 9.21 Å². The van der Waals surface area contributed by atoms with Crippen LogP contribution in [-0.4, -0.2) is 29.3 Å². The average Bonchev–Trinajstić information content (AvgIpc) is 2.87. The normalized spacial score (nSPS) is 24.1. The Labute approximate surface area is 119 Å². The molecule has 3 rings (SSSR count). The van der Waals surface area contributed by atoms with Crippen LogP contribution < -0.4 is 0 Å². The van der Waals surface area contributed by atoms with Crippen LogP contribution in [0.1, 0.15) is 43.5 Å². The number of Topliss-reactive ketones (excluding diaryl/α,β-unsaturated/α-hetero) is 1. The van der Waals surface area contributed by atoms with Gasteiger partial charge in [-0.3, -0.25) is 9.69 Å². The van der Waals surface area contributed by atoms with Crippen LogP contribution in [0.2, 0.25) is 0 Å². The summed E-state index contributed by atoms with van der Waals surface area (Å²) in [6, 6.07) is 8.70. The highest BCUT2D eigenvalue weighted by Crippen LogP contribution is 2.25. The standard InChI is InChI=1S/C17H21NO2/c1-12-6-5-7-13(2)18(12)10-16(19)15-11-20-17-9-4-3-8-14(15)17/h3-4,8-9,11-13H,5-7,10H2,1-2H3/t12-,13+. The summed E-state index contributed by atoms with van der Waals surface area (Å²) in [5.74, 6) is 0.163. The summed E-state index contributed by atoms with van der Waals surface area (Å²) in [6.45, 7) is 4.93. The third-order valence-corrected chi connectivity index (χ3v) is 4.48. The Kier molecular flexibility index (Phi) is 3.62. The van der Waals surface area contributed by atoms with E-state index < -0.39 is 0 Å². The molecule has 20 heavy (non-hydrogen) atoms. The Hall–Kier alpha value is -1.61. The molecule has 0 unspecified atom stereocenters. The molecular weight excluding hydrogens is 250 g/mol. The number of carbonyl (C=O) groups is 1. The minimum absolute atomic E-state index is 0.163. The number of hydrogen-bond acceptors (Lipinski definition) is 3. The molecule has 0 amide bonds. The number of likely N-dealkylation sites (tertiary alicyclic amines) is 1. The van der Waals surface area contributed by atoms with Crippen molar-refractivity contribution in [1.82, 2.24) is 4.90 Å². The first-order valence-corrected chi connectivity index (χ1v) is 7.42. The number of rotatable bonds is 3. The highest BCUT2D eigenvalue weighted by Gasteiger charge is 2.27. The van der Waals surface area contributed by atoms with Gasteiger partial charge < -0.3 is 4.42 Å². The van der Waals surface area contributed by atoms with Gasteiger partial charge >= 0.3 is 0 Å². The van der Waals surface area contributed by atoms with Gasteiger partial charge in [-0.05, 0) is 32.8 Å². The summed E-state index contributed by atoms with van der Waals surface area (Å²) in [5, 5.41) is 0.926. The van der Waals surface area contributed by atoms with Crippen molar-refractivity contribution >= 4 is 16.8 Å². The van der Waals surface area contributed by atoms with Crippen LogP contribution in [-0.2, 0) is 0 Å². The lowest BCUT2D eigenvalue weighted by Gasteiger charge is -2.38. The second-order valence-electron chi connectivity index (χ2n) is 5.87. The van der Waals surface area contributed by atoms with Crippen LogP contribution in [0.15, 0.2) is 34.9 Å². The van der Waals surface area contributed by atoms with Crippen LogP contribution in [0.5, 0.6) is 0 Å². The van der Waals surface area contributed by atoms with Crippen molar-refractivity contribution in [3.8, 4) is 0 Å². The van der Waals surface area contributed by atoms with Gasteiger partial charge in [0.05, 0.1) is 12.1 Å². The number of benzene rings is 1. The van der Waals surface area contributed by atoms with Crippen molar-refractivity contribution in [3.63, 3.8) is 0 Å². The molecule has 0 bridgehead atoms. The summed E-state index contributed by atoms with van der Waals surface area (Å²) in [7, 11) is 0. The second-order valence-corrected chi connectivity index (χ2v) is 5.87. The maximum atomic E-state index is 12.6. The first-order chi connectivity index (χ1) is 9.66. The van der Waals surface area contributed by atoms with Crippen LogP contribution in [0, 0.1) is 0 Å². The molecular formula is C17H21NO2. The quantitative estimate of drug-likeness (QED) is 0.794. The molecule has 0 N–H and O–H groups in total. The fraction of sp³-hybridized carbons (Fsp3) is 0.471. The van der Waals surface area contributed by atoms with Gasteiger partial charge in [0.2, 0.25) is 0 Å². The maximum Gasteiger partial charge on any atom is 0.180 e. The van der Waals surface area contributed by atoms with E-state index in [1.165, 1.54) is 19.3 Å². The summed E-state index contributed by atoms with van der Waals surface area (Å²) in [6.07, 6.45) is 5.24. The molecule has 2 heterocycles. The van der Waals surface area contributed by atoms with E-state index in [4.69, 9.17) is 4.42 Å². The maximum absolute atomic E-state index is 12.6. The molecule has 3 heteroatoms. The van der Waals surface area contributed by atoms with Crippen molar-refractivity contribution in [2.24, 2.45) is 0 Å². The highest BCUT2D eigenvalue weighted by molar-refractivity contribution is 6.08. The summed E-state index contributed by atoms with van der Waals surface area (Å²) in [4.78, 5) is 14.9. The molecule has 106 valence electrons. The molecule has 2 atom stereocenters. The number of nitrogens with zero attached hydrogens (tertiary/aromatic N) is 1. The zero-order chi connectivity index (χ0) is 14.1. The number of furan rings is 1. The monoisotopic (exact) mass is 271 g/mol. The summed E-state index contributed by atoms with van der Waals surface area (Å²) >= 11 is 0. The van der Waals surface area contributed by atoms with Crippen molar-refractivity contribution in [1.29, 1.82) is 0 Å². The Morgan fingerprint density at radius 1 is 1.25 bits per heavy atom. The second kappa shape index (κ2) is 5.41. The molecule has 0 spiro atoms. The molecule has 1 aliphatic rings. The van der Waals surface area contributed by atoms with E-state index in [0.29, 0.717) is 24.2 Å². The zero-order valence-electron chi connectivity index (χ0n) is 12.1. The minimum Gasteiger partial charge on any atom is -0.464 e. The van der Waals surface area contributed by atoms with Crippen molar-refractivity contribution in [2.45, 2.75) is 45.2 Å². The molecule has 1 fully saturated rings. The minimum atomic E-state index is 0.163. The van der Waals surface area contributed by atoms with Gasteiger partial charge in [0, 0.05) is 17.5 Å². The molecule has 1 aliphatic heterocycles. The Balaban J connectivity index is 1.82. The van der Waals surface area contributed by atoms with Gasteiger partial charge in [-0.25, -0.2) is 0 Å². The van der Waals surface area contributed by atoms with E-state index in [1.807, 2.05) is 24.3 Å². The Morgan fingerprint density at radius 2 is 1.95 bits per heavy atom. The summed E-state index contributed by atoms with van der Waals surface area (Å²) < 4.78 is 5.47. The SMILES string of the molecule is C[C@@H]1CCC[C@H](C)N1CC(=O)c1coc2ccccc12. The number of ketones is 1. The largest absolute Gasteiger partial charge is 0.464 e. The molecule has 1 aromatic heterocycles. The zero-order valence-corrected chi connectivity index (χ0v) is 12.1. The van der Waals surface area contributed by atoms with E-state index >= 15 is 0 Å². The van der Waals surface area contributed by atoms with Crippen LogP contribution in [0.4, 0.5) is 0 Å². The predicted octanol–water partition coefficient (Wildman–Crippen LogP) is 3.88. The highest BCUT2D eigenvalue weighted by atomic mass is 16.3. The molecule has 0 aliphatic carbocycles. The smallest absolute Gasteiger partial charge is 0.180 e.